The van der Waals surface area contributed by atoms with Crippen molar-refractivity contribution in [3.63, 3.8) is 0 Å². The van der Waals surface area contributed by atoms with E-state index in [4.69, 9.17) is 4.74 Å². The third-order valence-corrected chi connectivity index (χ3v) is 5.76. The molecule has 3 rings (SSSR count). The molecule has 1 aromatic carbocycles. The Hall–Kier alpha value is -1.35. The van der Waals surface area contributed by atoms with Crippen LogP contribution in [0.1, 0.15) is 56.9 Å². The Kier molecular flexibility index (Phi) is 5.71. The Morgan fingerprint density at radius 1 is 1.17 bits per heavy atom. The maximum absolute atomic E-state index is 12.5. The number of fused-ring (bicyclic) bond motifs is 1. The van der Waals surface area contributed by atoms with Gasteiger partial charge in [-0.15, -0.1) is 0 Å². The average molecular weight is 316 g/mol. The van der Waals surface area contributed by atoms with E-state index in [0.717, 1.165) is 18.0 Å². The van der Waals surface area contributed by atoms with Crippen LogP contribution in [0.2, 0.25) is 0 Å². The Bertz CT molecular complexity index is 500. The number of hydrogen-bond acceptors (Lipinski definition) is 2. The van der Waals surface area contributed by atoms with Crippen molar-refractivity contribution in [3.05, 3.63) is 35.9 Å². The SMILES string of the molecule is CC[C@@H](C(=O)OC[C@@H]1CCC[NH+]2CCCC[C@H]12)c1ccccc1. The first-order valence-electron chi connectivity index (χ1n) is 9.35. The van der Waals surface area contributed by atoms with Crippen molar-refractivity contribution in [2.24, 2.45) is 5.92 Å². The summed E-state index contributed by atoms with van der Waals surface area (Å²) in [4.78, 5) is 14.3. The van der Waals surface area contributed by atoms with Crippen LogP contribution in [0, 0.1) is 5.92 Å². The van der Waals surface area contributed by atoms with Gasteiger partial charge in [-0.3, -0.25) is 4.79 Å². The second kappa shape index (κ2) is 7.96. The number of carbonyl (C=O) groups excluding carboxylic acids is 1. The number of ether oxygens (including phenoxy) is 1. The second-order valence-electron chi connectivity index (χ2n) is 7.16. The van der Waals surface area contributed by atoms with Gasteiger partial charge in [0.05, 0.1) is 31.7 Å². The molecule has 2 saturated heterocycles. The zero-order valence-corrected chi connectivity index (χ0v) is 14.3. The Balaban J connectivity index is 1.57. The maximum atomic E-state index is 12.5. The fraction of sp³-hybridized carbons (Fsp3) is 0.650. The molecule has 1 aromatic rings. The third kappa shape index (κ3) is 3.95. The van der Waals surface area contributed by atoms with Crippen molar-refractivity contribution in [1.29, 1.82) is 0 Å². The highest BCUT2D eigenvalue weighted by Crippen LogP contribution is 2.24. The summed E-state index contributed by atoms with van der Waals surface area (Å²) in [5.41, 5.74) is 1.08. The lowest BCUT2D eigenvalue weighted by molar-refractivity contribution is -0.940. The minimum atomic E-state index is -0.116. The molecule has 3 nitrogen and oxygen atoms in total. The van der Waals surface area contributed by atoms with Crippen molar-refractivity contribution in [3.8, 4) is 0 Å². The van der Waals surface area contributed by atoms with Crippen molar-refractivity contribution in [2.45, 2.75) is 57.4 Å². The van der Waals surface area contributed by atoms with E-state index >= 15 is 0 Å². The topological polar surface area (TPSA) is 30.7 Å². The average Bonchev–Trinajstić information content (AvgIpc) is 2.61. The molecule has 126 valence electrons. The number of hydrogen-bond donors (Lipinski definition) is 1. The maximum Gasteiger partial charge on any atom is 0.313 e. The number of quaternary nitrogens is 1. The van der Waals surface area contributed by atoms with E-state index in [2.05, 4.69) is 6.92 Å². The molecule has 2 aliphatic rings. The van der Waals surface area contributed by atoms with Gasteiger partial charge in [-0.05, 0) is 44.1 Å². The van der Waals surface area contributed by atoms with Gasteiger partial charge in [-0.2, -0.15) is 0 Å². The van der Waals surface area contributed by atoms with Crippen molar-refractivity contribution in [1.82, 2.24) is 0 Å². The summed E-state index contributed by atoms with van der Waals surface area (Å²) < 4.78 is 5.79. The molecule has 0 aromatic heterocycles. The van der Waals surface area contributed by atoms with Gasteiger partial charge < -0.3 is 9.64 Å². The first kappa shape index (κ1) is 16.5. The van der Waals surface area contributed by atoms with Crippen molar-refractivity contribution >= 4 is 5.97 Å². The molecule has 0 saturated carbocycles. The van der Waals surface area contributed by atoms with Crippen LogP contribution in [-0.2, 0) is 9.53 Å². The van der Waals surface area contributed by atoms with E-state index in [1.807, 2.05) is 30.3 Å². The second-order valence-corrected chi connectivity index (χ2v) is 7.16. The molecular formula is C20H30NO2+. The van der Waals surface area contributed by atoms with Gasteiger partial charge in [-0.1, -0.05) is 37.3 Å². The molecule has 1 unspecified atom stereocenters. The lowest BCUT2D eigenvalue weighted by Gasteiger charge is -2.41. The molecular weight excluding hydrogens is 286 g/mol. The fourth-order valence-corrected chi connectivity index (χ4v) is 4.49. The zero-order valence-electron chi connectivity index (χ0n) is 14.3. The number of rotatable bonds is 5. The number of nitrogens with one attached hydrogen (secondary N) is 1. The first-order chi connectivity index (χ1) is 11.3. The van der Waals surface area contributed by atoms with E-state index < -0.39 is 0 Å². The smallest absolute Gasteiger partial charge is 0.313 e. The molecule has 0 spiro atoms. The molecule has 2 aliphatic heterocycles. The minimum absolute atomic E-state index is 0.0402. The molecule has 2 fully saturated rings. The van der Waals surface area contributed by atoms with Gasteiger partial charge >= 0.3 is 5.97 Å². The van der Waals surface area contributed by atoms with Crippen molar-refractivity contribution in [2.75, 3.05) is 19.7 Å². The van der Waals surface area contributed by atoms with Crippen LogP contribution in [0.4, 0.5) is 0 Å². The lowest BCUT2D eigenvalue weighted by atomic mass is 9.84. The molecule has 2 heterocycles. The van der Waals surface area contributed by atoms with Crippen LogP contribution < -0.4 is 4.90 Å². The highest BCUT2D eigenvalue weighted by molar-refractivity contribution is 5.78. The summed E-state index contributed by atoms with van der Waals surface area (Å²) in [6.07, 6.45) is 7.33. The molecule has 0 radical (unpaired) electrons. The molecule has 0 bridgehead atoms. The summed E-state index contributed by atoms with van der Waals surface area (Å²) in [7, 11) is 0. The normalized spacial score (nSPS) is 28.7. The highest BCUT2D eigenvalue weighted by Gasteiger charge is 2.37. The number of piperidine rings is 2. The molecule has 3 heteroatoms. The van der Waals surface area contributed by atoms with Gasteiger partial charge in [0.2, 0.25) is 0 Å². The summed E-state index contributed by atoms with van der Waals surface area (Å²) in [5.74, 6) is 0.410. The molecule has 4 atom stereocenters. The summed E-state index contributed by atoms with van der Waals surface area (Å²) >= 11 is 0. The highest BCUT2D eigenvalue weighted by atomic mass is 16.5. The van der Waals surface area contributed by atoms with Gasteiger partial charge in [0.25, 0.3) is 0 Å². The first-order valence-corrected chi connectivity index (χ1v) is 9.35. The quantitative estimate of drug-likeness (QED) is 0.847. The molecule has 23 heavy (non-hydrogen) atoms. The van der Waals surface area contributed by atoms with Crippen LogP contribution in [0.3, 0.4) is 0 Å². The zero-order chi connectivity index (χ0) is 16.1. The minimum Gasteiger partial charge on any atom is -0.465 e. The Morgan fingerprint density at radius 2 is 1.96 bits per heavy atom. The third-order valence-electron chi connectivity index (χ3n) is 5.76. The van der Waals surface area contributed by atoms with Crippen LogP contribution in [0.15, 0.2) is 30.3 Å². The van der Waals surface area contributed by atoms with E-state index in [-0.39, 0.29) is 11.9 Å². The van der Waals surface area contributed by atoms with E-state index in [1.165, 1.54) is 45.2 Å². The lowest BCUT2D eigenvalue weighted by Crippen LogP contribution is -3.18. The van der Waals surface area contributed by atoms with E-state index in [1.54, 1.807) is 4.90 Å². The largest absolute Gasteiger partial charge is 0.465 e. The molecule has 1 N–H and O–H groups in total. The standard InChI is InChI=1S/C20H29NO2/c1-2-18(16-9-4-3-5-10-16)20(22)23-15-17-11-8-14-21-13-7-6-12-19(17)21/h3-5,9-10,17-19H,2,6-8,11-15H2,1H3/p+1/t17-,18+,19+/m0/s1. The van der Waals surface area contributed by atoms with E-state index in [0.29, 0.717) is 12.5 Å². The van der Waals surface area contributed by atoms with Gasteiger partial charge in [0.1, 0.15) is 0 Å². The summed E-state index contributed by atoms with van der Waals surface area (Å²) in [6.45, 7) is 5.32. The van der Waals surface area contributed by atoms with Gasteiger partial charge in [0.15, 0.2) is 0 Å². The Labute approximate surface area is 140 Å². The number of esters is 1. The summed E-state index contributed by atoms with van der Waals surface area (Å²) in [6, 6.07) is 10.8. The van der Waals surface area contributed by atoms with Crippen LogP contribution in [0.25, 0.3) is 0 Å². The summed E-state index contributed by atoms with van der Waals surface area (Å²) in [5, 5.41) is 0. The van der Waals surface area contributed by atoms with Crippen LogP contribution in [0.5, 0.6) is 0 Å². The van der Waals surface area contributed by atoms with Crippen LogP contribution in [-0.4, -0.2) is 31.7 Å². The fourth-order valence-electron chi connectivity index (χ4n) is 4.49. The van der Waals surface area contributed by atoms with Gasteiger partial charge in [0, 0.05) is 5.92 Å². The predicted octanol–water partition coefficient (Wildman–Crippen LogP) is 2.57. The Morgan fingerprint density at radius 3 is 2.74 bits per heavy atom. The predicted molar refractivity (Wildman–Crippen MR) is 91.5 cm³/mol. The van der Waals surface area contributed by atoms with Gasteiger partial charge in [-0.25, -0.2) is 0 Å². The molecule has 0 aliphatic carbocycles. The number of carbonyl (C=O) groups is 1. The molecule has 0 amide bonds. The van der Waals surface area contributed by atoms with Crippen LogP contribution >= 0.6 is 0 Å². The monoisotopic (exact) mass is 316 g/mol. The number of benzene rings is 1. The van der Waals surface area contributed by atoms with Crippen molar-refractivity contribution < 1.29 is 14.4 Å². The van der Waals surface area contributed by atoms with E-state index in [9.17, 15) is 4.79 Å².